The van der Waals surface area contributed by atoms with Crippen molar-refractivity contribution in [2.75, 3.05) is 5.73 Å². The molecule has 0 fully saturated rings. The number of aromatic nitrogens is 1. The predicted octanol–water partition coefficient (Wildman–Crippen LogP) is 2.70. The topological polar surface area (TPSA) is 94.0 Å². The molecule has 0 spiro atoms. The Labute approximate surface area is 134 Å². The van der Waals surface area contributed by atoms with Crippen LogP contribution in [0.5, 0.6) is 0 Å². The number of nitrogens with one attached hydrogen (secondary N) is 1. The van der Waals surface area contributed by atoms with Crippen molar-refractivity contribution in [3.63, 3.8) is 0 Å². The monoisotopic (exact) mass is 318 g/mol. The van der Waals surface area contributed by atoms with E-state index in [0.717, 1.165) is 17.0 Å². The molecule has 1 unspecified atom stereocenters. The van der Waals surface area contributed by atoms with Gasteiger partial charge in [-0.3, -0.25) is 4.79 Å². The van der Waals surface area contributed by atoms with E-state index < -0.39 is 0 Å². The second kappa shape index (κ2) is 7.38. The molecule has 2 aromatic rings. The zero-order valence-corrected chi connectivity index (χ0v) is 13.7. The van der Waals surface area contributed by atoms with Crippen LogP contribution < -0.4 is 16.8 Å². The number of carbonyl (C=O) groups excluding carboxylic acids is 1. The zero-order chi connectivity index (χ0) is 16.1. The summed E-state index contributed by atoms with van der Waals surface area (Å²) in [7, 11) is 0. The van der Waals surface area contributed by atoms with Gasteiger partial charge in [-0.1, -0.05) is 32.0 Å². The van der Waals surface area contributed by atoms with Crippen LogP contribution in [0.25, 0.3) is 0 Å². The smallest absolute Gasteiger partial charge is 0.271 e. The van der Waals surface area contributed by atoms with Crippen LogP contribution in [0.15, 0.2) is 29.6 Å². The van der Waals surface area contributed by atoms with Gasteiger partial charge in [-0.05, 0) is 24.0 Å². The Bertz CT molecular complexity index is 639. The number of amides is 1. The van der Waals surface area contributed by atoms with Crippen molar-refractivity contribution >= 4 is 22.9 Å². The molecule has 2 rings (SSSR count). The van der Waals surface area contributed by atoms with Gasteiger partial charge in [0, 0.05) is 17.6 Å². The number of nitrogens with two attached hydrogens (primary N) is 2. The average molecular weight is 318 g/mol. The number of hydrogen-bond acceptors (Lipinski definition) is 5. The van der Waals surface area contributed by atoms with Crippen molar-refractivity contribution in [3.8, 4) is 0 Å². The third-order valence-corrected chi connectivity index (χ3v) is 4.27. The molecular weight excluding hydrogens is 296 g/mol. The highest BCUT2D eigenvalue weighted by Crippen LogP contribution is 2.22. The maximum absolute atomic E-state index is 12.1. The van der Waals surface area contributed by atoms with Gasteiger partial charge >= 0.3 is 0 Å². The second-order valence-corrected chi connectivity index (χ2v) is 6.58. The quantitative estimate of drug-likeness (QED) is 0.714. The third kappa shape index (κ3) is 4.29. The van der Waals surface area contributed by atoms with E-state index in [0.29, 0.717) is 23.8 Å². The number of thiazole rings is 1. The van der Waals surface area contributed by atoms with Gasteiger partial charge in [0.1, 0.15) is 10.7 Å². The molecule has 0 saturated heterocycles. The van der Waals surface area contributed by atoms with Gasteiger partial charge in [0.15, 0.2) is 0 Å². The molecule has 0 aliphatic heterocycles. The molecular formula is C16H22N4OS. The third-order valence-electron chi connectivity index (χ3n) is 3.29. The van der Waals surface area contributed by atoms with E-state index >= 15 is 0 Å². The first-order valence-corrected chi connectivity index (χ1v) is 8.18. The zero-order valence-electron chi connectivity index (χ0n) is 12.9. The number of hydrogen-bond donors (Lipinski definition) is 3. The summed E-state index contributed by atoms with van der Waals surface area (Å²) < 4.78 is 0. The molecule has 0 aliphatic carbocycles. The number of nitrogen functional groups attached to an aromatic ring is 1. The molecule has 0 bridgehead atoms. The Kier molecular flexibility index (Phi) is 5.51. The highest BCUT2D eigenvalue weighted by atomic mass is 32.1. The molecule has 1 atom stereocenters. The minimum atomic E-state index is -0.206. The van der Waals surface area contributed by atoms with Gasteiger partial charge in [0.2, 0.25) is 0 Å². The van der Waals surface area contributed by atoms with Crippen molar-refractivity contribution in [3.05, 3.63) is 45.9 Å². The maximum Gasteiger partial charge on any atom is 0.271 e. The lowest BCUT2D eigenvalue weighted by atomic mass is 10.1. The lowest BCUT2D eigenvalue weighted by Crippen LogP contribution is -2.24. The first-order chi connectivity index (χ1) is 10.5. The fraction of sp³-hybridized carbons (Fsp3) is 0.375. The Morgan fingerprint density at radius 1 is 1.36 bits per heavy atom. The molecule has 1 aromatic carbocycles. The highest BCUT2D eigenvalue weighted by Gasteiger charge is 2.16. The van der Waals surface area contributed by atoms with Crippen LogP contribution >= 0.6 is 11.3 Å². The van der Waals surface area contributed by atoms with E-state index in [2.05, 4.69) is 24.1 Å². The van der Waals surface area contributed by atoms with Crippen molar-refractivity contribution < 1.29 is 4.79 Å². The summed E-state index contributed by atoms with van der Waals surface area (Å²) in [4.78, 5) is 16.5. The normalized spacial score (nSPS) is 12.4. The number of rotatable bonds is 6. The molecule has 0 saturated carbocycles. The fourth-order valence-electron chi connectivity index (χ4n) is 2.13. The maximum atomic E-state index is 12.1. The molecule has 22 heavy (non-hydrogen) atoms. The summed E-state index contributed by atoms with van der Waals surface area (Å²) in [5.41, 5.74) is 13.9. The van der Waals surface area contributed by atoms with Crippen molar-refractivity contribution in [1.82, 2.24) is 10.3 Å². The fourth-order valence-corrected chi connectivity index (χ4v) is 2.95. The minimum absolute atomic E-state index is 0.115. The first-order valence-electron chi connectivity index (χ1n) is 7.30. The van der Waals surface area contributed by atoms with Crippen LogP contribution in [-0.4, -0.2) is 10.9 Å². The molecule has 6 heteroatoms. The standard InChI is InChI=1S/C16H22N4OS/c1-10(2)7-13(18)16-20-14(9-22-16)15(21)19-8-11-5-3-4-6-12(11)17/h3-6,9-10,13H,7-8,17-18H2,1-2H3,(H,19,21). The molecule has 5 nitrogen and oxygen atoms in total. The predicted molar refractivity (Wildman–Crippen MR) is 90.5 cm³/mol. The van der Waals surface area contributed by atoms with E-state index in [1.807, 2.05) is 24.3 Å². The van der Waals surface area contributed by atoms with Crippen molar-refractivity contribution in [2.45, 2.75) is 32.9 Å². The van der Waals surface area contributed by atoms with Crippen LogP contribution in [0, 0.1) is 5.92 Å². The molecule has 1 aromatic heterocycles. The van der Waals surface area contributed by atoms with E-state index in [1.54, 1.807) is 5.38 Å². The Hall–Kier alpha value is -1.92. The van der Waals surface area contributed by atoms with Gasteiger partial charge in [-0.2, -0.15) is 0 Å². The van der Waals surface area contributed by atoms with Crippen LogP contribution in [0.2, 0.25) is 0 Å². The highest BCUT2D eigenvalue weighted by molar-refractivity contribution is 7.09. The van der Waals surface area contributed by atoms with Crippen LogP contribution in [-0.2, 0) is 6.54 Å². The van der Waals surface area contributed by atoms with E-state index in [4.69, 9.17) is 11.5 Å². The molecule has 1 amide bonds. The number of anilines is 1. The van der Waals surface area contributed by atoms with Crippen molar-refractivity contribution in [1.29, 1.82) is 0 Å². The van der Waals surface area contributed by atoms with Gasteiger partial charge in [-0.25, -0.2) is 4.98 Å². The SMILES string of the molecule is CC(C)CC(N)c1nc(C(=O)NCc2ccccc2N)cs1. The number of benzene rings is 1. The molecule has 5 N–H and O–H groups in total. The summed E-state index contributed by atoms with van der Waals surface area (Å²) in [6.45, 7) is 4.62. The summed E-state index contributed by atoms with van der Waals surface area (Å²) >= 11 is 1.43. The minimum Gasteiger partial charge on any atom is -0.398 e. The molecule has 0 aliphatic rings. The Balaban J connectivity index is 1.96. The van der Waals surface area contributed by atoms with Gasteiger partial charge in [0.25, 0.3) is 5.91 Å². The van der Waals surface area contributed by atoms with E-state index in [1.165, 1.54) is 11.3 Å². The van der Waals surface area contributed by atoms with Crippen LogP contribution in [0.3, 0.4) is 0 Å². The lowest BCUT2D eigenvalue weighted by Gasteiger charge is -2.10. The summed E-state index contributed by atoms with van der Waals surface area (Å²) in [5, 5.41) is 5.39. The Morgan fingerprint density at radius 2 is 2.09 bits per heavy atom. The van der Waals surface area contributed by atoms with E-state index in [9.17, 15) is 4.79 Å². The summed E-state index contributed by atoms with van der Waals surface area (Å²) in [5.74, 6) is 0.291. The number of carbonyl (C=O) groups is 1. The van der Waals surface area contributed by atoms with Crippen LogP contribution in [0.4, 0.5) is 5.69 Å². The van der Waals surface area contributed by atoms with Crippen LogP contribution in [0.1, 0.15) is 47.4 Å². The van der Waals surface area contributed by atoms with Gasteiger partial charge in [0.05, 0.1) is 6.04 Å². The summed E-state index contributed by atoms with van der Waals surface area (Å²) in [6, 6.07) is 7.35. The second-order valence-electron chi connectivity index (χ2n) is 5.69. The lowest BCUT2D eigenvalue weighted by molar-refractivity contribution is 0.0946. The van der Waals surface area contributed by atoms with E-state index in [-0.39, 0.29) is 11.9 Å². The largest absolute Gasteiger partial charge is 0.398 e. The summed E-state index contributed by atoms with van der Waals surface area (Å²) in [6.07, 6.45) is 0.856. The number of para-hydroxylation sites is 1. The van der Waals surface area contributed by atoms with Gasteiger partial charge < -0.3 is 16.8 Å². The molecule has 1 heterocycles. The molecule has 118 valence electrons. The Morgan fingerprint density at radius 3 is 2.77 bits per heavy atom. The van der Waals surface area contributed by atoms with Gasteiger partial charge in [-0.15, -0.1) is 11.3 Å². The van der Waals surface area contributed by atoms with Crippen molar-refractivity contribution in [2.24, 2.45) is 11.7 Å². The molecule has 0 radical (unpaired) electrons. The first kappa shape index (κ1) is 16.5. The number of nitrogens with zero attached hydrogens (tertiary/aromatic N) is 1. The average Bonchev–Trinajstić information content (AvgIpc) is 2.95.